The Balaban J connectivity index is 1.65. The fraction of sp³-hybridized carbons (Fsp3) is 0.512. The van der Waals surface area contributed by atoms with Crippen molar-refractivity contribution < 1.29 is 39.5 Å². The molecule has 0 N–H and O–H groups in total. The van der Waals surface area contributed by atoms with E-state index in [0.29, 0.717) is 29.1 Å². The molecule has 0 saturated carbocycles. The number of hydrogen-bond donors (Lipinski definition) is 0. The topological polar surface area (TPSA) is 9.23 Å². The van der Waals surface area contributed by atoms with Crippen molar-refractivity contribution in [1.29, 1.82) is 0 Å². The third-order valence-corrected chi connectivity index (χ3v) is 24.2. The highest BCUT2D eigenvalue weighted by Crippen LogP contribution is 2.46. The Morgan fingerprint density at radius 3 is 1.52 bits per heavy atom. The van der Waals surface area contributed by atoms with Gasteiger partial charge in [-0.05, 0) is 17.1 Å². The van der Waals surface area contributed by atoms with E-state index in [1.54, 1.807) is 0 Å². The van der Waals surface area contributed by atoms with Gasteiger partial charge in [0.05, 0.1) is 35.7 Å². The molecule has 0 fully saturated rings. The van der Waals surface area contributed by atoms with E-state index in [-0.39, 0.29) is 11.6 Å². The van der Waals surface area contributed by atoms with E-state index in [1.165, 1.54) is 18.5 Å². The summed E-state index contributed by atoms with van der Waals surface area (Å²) in [4.78, 5) is 0. The van der Waals surface area contributed by atoms with Crippen molar-refractivity contribution in [3.05, 3.63) is 88.5 Å². The highest BCUT2D eigenvalue weighted by molar-refractivity contribution is 6.83. The normalized spacial score (nSPS) is 13.8. The summed E-state index contributed by atoms with van der Waals surface area (Å²) in [5, 5.41) is -6.14. The Morgan fingerprint density at radius 2 is 0.981 bits per heavy atom. The van der Waals surface area contributed by atoms with Crippen LogP contribution in [-0.4, -0.2) is 16.4 Å². The van der Waals surface area contributed by atoms with E-state index >= 15 is 22.0 Å². The van der Waals surface area contributed by atoms with Crippen molar-refractivity contribution in [3.63, 3.8) is 0 Å². The summed E-state index contributed by atoms with van der Waals surface area (Å²) >= 11 is 0. The number of benzene rings is 4. The van der Waals surface area contributed by atoms with Gasteiger partial charge in [0.15, 0.2) is 29.0 Å². The van der Waals surface area contributed by atoms with Gasteiger partial charge in [-0.15, -0.1) is 0 Å². The van der Waals surface area contributed by atoms with E-state index in [1.807, 2.05) is 44.2 Å². The van der Waals surface area contributed by atoms with Crippen molar-refractivity contribution >= 4 is 37.9 Å². The minimum absolute atomic E-state index is 0.277. The van der Waals surface area contributed by atoms with Crippen molar-refractivity contribution in [2.45, 2.75) is 134 Å². The lowest BCUT2D eigenvalue weighted by Gasteiger charge is -2.43. The van der Waals surface area contributed by atoms with Crippen LogP contribution in [0.25, 0.3) is 21.5 Å². The molecule has 0 aromatic heterocycles. The molecule has 1 radical (unpaired) electrons. The van der Waals surface area contributed by atoms with E-state index in [0.717, 1.165) is 31.2 Å². The maximum absolute atomic E-state index is 16.3. The molecule has 0 aliphatic carbocycles. The van der Waals surface area contributed by atoms with Crippen molar-refractivity contribution in [3.8, 4) is 5.75 Å². The zero-order chi connectivity index (χ0) is 38.7. The van der Waals surface area contributed by atoms with Gasteiger partial charge in [0.25, 0.3) is 8.32 Å². The minimum Gasteiger partial charge on any atom is -0.539 e. The van der Waals surface area contributed by atoms with Gasteiger partial charge in [-0.1, -0.05) is 147 Å². The van der Waals surface area contributed by atoms with Crippen LogP contribution in [0.2, 0.25) is 34.3 Å². The molecule has 0 aliphatic heterocycles. The van der Waals surface area contributed by atoms with Crippen LogP contribution in [0.15, 0.2) is 30.3 Å². The molecule has 0 amide bonds. The monoisotopic (exact) mass is 767 g/mol. The average molecular weight is 768 g/mol. The van der Waals surface area contributed by atoms with Gasteiger partial charge in [-0.3, -0.25) is 0 Å². The van der Waals surface area contributed by atoms with Crippen LogP contribution < -0.4 is 4.43 Å². The summed E-state index contributed by atoms with van der Waals surface area (Å²) in [5.41, 5.74) is 2.67. The molecule has 1 unspecified atom stereocenters. The smallest absolute Gasteiger partial charge is 0.258 e. The van der Waals surface area contributed by atoms with Crippen LogP contribution in [0.1, 0.15) is 99.5 Å². The Kier molecular flexibility index (Phi) is 13.7. The summed E-state index contributed by atoms with van der Waals surface area (Å²) in [6.07, 6.45) is 5.79. The van der Waals surface area contributed by atoms with Crippen LogP contribution in [0.3, 0.4) is 0 Å². The average Bonchev–Trinajstić information content (AvgIpc) is 3.07. The second-order valence-corrected chi connectivity index (χ2v) is 26.2. The number of fused-ring (bicyclic) bond motifs is 2. The minimum atomic E-state index is -3.34. The predicted molar refractivity (Wildman–Crippen MR) is 200 cm³/mol. The van der Waals surface area contributed by atoms with Crippen molar-refractivity contribution in [2.75, 3.05) is 0 Å². The van der Waals surface area contributed by atoms with Gasteiger partial charge in [-0.2, -0.15) is 4.39 Å². The lowest BCUT2D eigenvalue weighted by Crippen LogP contribution is -2.48. The summed E-state index contributed by atoms with van der Waals surface area (Å²) < 4.78 is 129. The standard InChI is InChI=1S/C41H51F8OSi2/c1-24(2)51(23-28-18-14-13-15-19-28,20-16-11-9-10-12-17-21-52(25(3)4,26(5)6)27(7)8)50-41-39(48)34-33(38(47)40(41)49)36(45)31-29(42)22-30(43)35(44)32(31)37(34)46/h13-15,18-19,24-27H,9-12,16-17,20-21,23H2,1-8H3. The van der Waals surface area contributed by atoms with Crippen LogP contribution >= 0.6 is 0 Å². The fourth-order valence-electron chi connectivity index (χ4n) is 8.71. The first kappa shape index (κ1) is 41.8. The molecule has 1 nitrogen and oxygen atoms in total. The Hall–Kier alpha value is -2.93. The van der Waals surface area contributed by atoms with Gasteiger partial charge < -0.3 is 4.43 Å². The Bertz CT molecular complexity index is 1840. The highest BCUT2D eigenvalue weighted by Gasteiger charge is 2.44. The quantitative estimate of drug-likeness (QED) is 0.0342. The van der Waals surface area contributed by atoms with Crippen LogP contribution in [0, 0.1) is 52.6 Å². The molecule has 52 heavy (non-hydrogen) atoms. The predicted octanol–water partition coefficient (Wildman–Crippen LogP) is 14.4. The fourth-order valence-corrected chi connectivity index (χ4v) is 19.2. The lowest BCUT2D eigenvalue weighted by atomic mass is 9.99. The van der Waals surface area contributed by atoms with Crippen LogP contribution in [0.4, 0.5) is 35.1 Å². The molecule has 4 rings (SSSR count). The molecule has 285 valence electrons. The molecule has 4 aromatic carbocycles. The molecule has 11 heteroatoms. The molecular formula is C41H51F8OSi2. The Morgan fingerprint density at radius 1 is 0.500 bits per heavy atom. The summed E-state index contributed by atoms with van der Waals surface area (Å²) in [6, 6.07) is 12.4. The first-order valence-electron chi connectivity index (χ1n) is 18.5. The zero-order valence-corrected chi connectivity index (χ0v) is 33.5. The van der Waals surface area contributed by atoms with Crippen LogP contribution in [0.5, 0.6) is 5.75 Å². The first-order chi connectivity index (χ1) is 24.4. The maximum Gasteiger partial charge on any atom is 0.258 e. The first-order valence-corrected chi connectivity index (χ1v) is 23.4. The summed E-state index contributed by atoms with van der Waals surface area (Å²) in [5.74, 6) is -16.9. The molecule has 1 atom stereocenters. The molecule has 0 saturated heterocycles. The van der Waals surface area contributed by atoms with E-state index in [2.05, 4.69) is 41.5 Å². The second-order valence-electron chi connectivity index (χ2n) is 15.6. The van der Waals surface area contributed by atoms with Gasteiger partial charge >= 0.3 is 0 Å². The highest BCUT2D eigenvalue weighted by atomic mass is 28.4. The summed E-state index contributed by atoms with van der Waals surface area (Å²) in [6.45, 7) is 17.9. The zero-order valence-electron chi connectivity index (χ0n) is 31.5. The van der Waals surface area contributed by atoms with Gasteiger partial charge in [0, 0.05) is 6.04 Å². The summed E-state index contributed by atoms with van der Waals surface area (Å²) in [7, 11) is -4.81. The third kappa shape index (κ3) is 7.96. The molecule has 0 spiro atoms. The molecule has 0 heterocycles. The Labute approximate surface area is 305 Å². The van der Waals surface area contributed by atoms with E-state index < -0.39 is 90.2 Å². The largest absolute Gasteiger partial charge is 0.539 e. The second kappa shape index (κ2) is 17.0. The SMILES string of the molecule is CC(C)[Si](CCCCCCCC[Si](C(C)C)(C(C)C)C(C)C)(Cc1ccccc1)Oc1c(F)c(F)c2c(F)c3c(F)[c]c(F)c(F)c3c(F)c2c1F. The van der Waals surface area contributed by atoms with E-state index in [9.17, 15) is 13.2 Å². The number of halogens is 8. The van der Waals surface area contributed by atoms with Crippen molar-refractivity contribution in [2.24, 2.45) is 0 Å². The van der Waals surface area contributed by atoms with Gasteiger partial charge in [0.2, 0.25) is 5.82 Å². The van der Waals surface area contributed by atoms with E-state index in [4.69, 9.17) is 4.43 Å². The molecule has 4 aromatic rings. The number of unbranched alkanes of at least 4 members (excludes halogenated alkanes) is 5. The molecule has 0 aliphatic rings. The number of rotatable bonds is 17. The van der Waals surface area contributed by atoms with Crippen LogP contribution in [-0.2, 0) is 6.04 Å². The maximum atomic E-state index is 16.3. The van der Waals surface area contributed by atoms with Gasteiger partial charge in [-0.25, -0.2) is 30.7 Å². The number of hydrogen-bond acceptors (Lipinski definition) is 1. The van der Waals surface area contributed by atoms with Gasteiger partial charge in [0.1, 0.15) is 17.5 Å². The lowest BCUT2D eigenvalue weighted by molar-refractivity contribution is 0.407. The molecule has 0 bridgehead atoms. The molecular weight excluding hydrogens is 717 g/mol. The van der Waals surface area contributed by atoms with Crippen molar-refractivity contribution in [1.82, 2.24) is 0 Å². The third-order valence-electron chi connectivity index (χ3n) is 11.6.